The minimum absolute atomic E-state index is 0.0118. The smallest absolute Gasteiger partial charge is 0.255 e. The van der Waals surface area contributed by atoms with Crippen molar-refractivity contribution in [3.63, 3.8) is 0 Å². The van der Waals surface area contributed by atoms with Crippen molar-refractivity contribution in [1.29, 1.82) is 0 Å². The van der Waals surface area contributed by atoms with Crippen LogP contribution in [-0.2, 0) is 0 Å². The van der Waals surface area contributed by atoms with E-state index in [4.69, 9.17) is 21.1 Å². The number of carbonyl (C=O) groups excluding carboxylic acids is 1. The highest BCUT2D eigenvalue weighted by atomic mass is 19.2. The molecule has 8 N–H and O–H groups in total. The van der Waals surface area contributed by atoms with E-state index in [1.165, 1.54) is 39.1 Å². The van der Waals surface area contributed by atoms with Crippen LogP contribution in [0.2, 0.25) is 0 Å². The fourth-order valence-electron chi connectivity index (χ4n) is 5.68. The minimum Gasteiger partial charge on any atom is -0.496 e. The largest absolute Gasteiger partial charge is 0.496 e. The van der Waals surface area contributed by atoms with Gasteiger partial charge in [-0.1, -0.05) is 50.3 Å². The highest BCUT2D eigenvalue weighted by molar-refractivity contribution is 6.05. The molecule has 0 saturated carbocycles. The summed E-state index contributed by atoms with van der Waals surface area (Å²) in [5, 5.41) is 13.4. The molecule has 51 heavy (non-hydrogen) atoms. The number of allylic oxidation sites excluding steroid dienone is 4. The van der Waals surface area contributed by atoms with Crippen LogP contribution in [-0.4, -0.2) is 51.1 Å². The maximum absolute atomic E-state index is 14.0. The Morgan fingerprint density at radius 1 is 0.941 bits per heavy atom. The lowest BCUT2D eigenvalue weighted by Crippen LogP contribution is -2.34. The Labute approximate surface area is 299 Å². The molecule has 0 radical (unpaired) electrons. The van der Waals surface area contributed by atoms with Gasteiger partial charge in [-0.25, -0.2) is 20.2 Å². The Morgan fingerprint density at radius 3 is 2.35 bits per heavy atom. The molecule has 10 nitrogen and oxygen atoms in total. The van der Waals surface area contributed by atoms with Crippen LogP contribution in [0.5, 0.6) is 11.5 Å². The molecule has 0 bridgehead atoms. The van der Waals surface area contributed by atoms with Gasteiger partial charge in [0, 0.05) is 28.9 Å². The van der Waals surface area contributed by atoms with Crippen molar-refractivity contribution in [2.75, 3.05) is 38.6 Å². The Bertz CT molecular complexity index is 1760. The van der Waals surface area contributed by atoms with Gasteiger partial charge in [-0.3, -0.25) is 4.79 Å². The van der Waals surface area contributed by atoms with Gasteiger partial charge in [-0.15, -0.1) is 0 Å². The van der Waals surface area contributed by atoms with E-state index in [2.05, 4.69) is 26.6 Å². The monoisotopic (exact) mass is 701 g/mol. The average molecular weight is 702 g/mol. The molecule has 2 fully saturated rings. The van der Waals surface area contributed by atoms with Crippen LogP contribution in [0, 0.1) is 17.0 Å². The first-order valence-corrected chi connectivity index (χ1v) is 17.3. The summed E-state index contributed by atoms with van der Waals surface area (Å²) < 4.78 is 39.4. The number of halogens is 2. The van der Waals surface area contributed by atoms with E-state index in [0.29, 0.717) is 39.7 Å². The lowest BCUT2D eigenvalue weighted by Gasteiger charge is -2.20. The van der Waals surface area contributed by atoms with Crippen LogP contribution in [0.4, 0.5) is 14.5 Å². The number of methoxy groups -OCH3 is 1. The third-order valence-corrected chi connectivity index (χ3v) is 8.57. The van der Waals surface area contributed by atoms with E-state index in [1.807, 2.05) is 63.3 Å². The van der Waals surface area contributed by atoms with Crippen molar-refractivity contribution in [1.82, 2.24) is 16.2 Å². The SMILES string of the molecule is C1CCNC1.CC.COc1ccc(C(=O)Nc2ccc(OC3CCNC3)c(C3=CC=CC(C)(/C(N)=N/NN)C=C3)c2)cc1-c1ccc(F)c(F)c1. The Hall–Kier alpha value is -5.04. The maximum Gasteiger partial charge on any atom is 0.255 e. The maximum atomic E-state index is 14.0. The topological polar surface area (TPSA) is 148 Å². The van der Waals surface area contributed by atoms with Crippen molar-refractivity contribution >= 4 is 23.0 Å². The number of hydrogen-bond acceptors (Lipinski definition) is 8. The van der Waals surface area contributed by atoms with Gasteiger partial charge < -0.3 is 31.2 Å². The third kappa shape index (κ3) is 10.3. The number of rotatable bonds is 9. The van der Waals surface area contributed by atoms with E-state index in [0.717, 1.165) is 42.8 Å². The second-order valence-electron chi connectivity index (χ2n) is 12.1. The zero-order valence-corrected chi connectivity index (χ0v) is 29.7. The molecule has 2 unspecified atom stereocenters. The van der Waals surface area contributed by atoms with Gasteiger partial charge in [0.25, 0.3) is 5.91 Å². The van der Waals surface area contributed by atoms with Crippen molar-refractivity contribution in [3.05, 3.63) is 108 Å². The van der Waals surface area contributed by atoms with Crippen molar-refractivity contribution in [2.45, 2.75) is 46.1 Å². The molecule has 2 aliphatic heterocycles. The molecule has 6 rings (SSSR count). The number of amides is 1. The number of hydrazine groups is 1. The summed E-state index contributed by atoms with van der Waals surface area (Å²) in [5.41, 5.74) is 11.0. The fraction of sp³-hybridized carbons (Fsp3) is 0.333. The molecule has 2 atom stereocenters. The predicted molar refractivity (Wildman–Crippen MR) is 201 cm³/mol. The van der Waals surface area contributed by atoms with Gasteiger partial charge in [0.1, 0.15) is 23.4 Å². The molecule has 3 aromatic carbocycles. The number of hydrogen-bond donors (Lipinski definition) is 6. The van der Waals surface area contributed by atoms with Crippen molar-refractivity contribution in [3.8, 4) is 22.6 Å². The molecule has 272 valence electrons. The van der Waals surface area contributed by atoms with Gasteiger partial charge in [0.2, 0.25) is 0 Å². The summed E-state index contributed by atoms with van der Waals surface area (Å²) in [7, 11) is 1.47. The summed E-state index contributed by atoms with van der Waals surface area (Å²) in [6.45, 7) is 10.0. The van der Waals surface area contributed by atoms with Crippen molar-refractivity contribution < 1.29 is 23.0 Å². The molecule has 0 aromatic heterocycles. The summed E-state index contributed by atoms with van der Waals surface area (Å²) in [6.07, 6.45) is 13.2. The first-order chi connectivity index (χ1) is 24.7. The predicted octanol–water partition coefficient (Wildman–Crippen LogP) is 6.28. The molecule has 3 aromatic rings. The highest BCUT2D eigenvalue weighted by Crippen LogP contribution is 2.36. The Balaban J connectivity index is 0.000000755. The Kier molecular flexibility index (Phi) is 14.3. The summed E-state index contributed by atoms with van der Waals surface area (Å²) in [4.78, 5) is 13.4. The van der Waals surface area contributed by atoms with Crippen molar-refractivity contribution in [2.24, 2.45) is 22.1 Å². The van der Waals surface area contributed by atoms with E-state index in [-0.39, 0.29) is 6.10 Å². The molecule has 1 aliphatic carbocycles. The van der Waals surface area contributed by atoms with Gasteiger partial charge in [-0.05, 0) is 105 Å². The second-order valence-corrected chi connectivity index (χ2v) is 12.1. The number of hydrazone groups is 1. The van der Waals surface area contributed by atoms with Gasteiger partial charge in [0.15, 0.2) is 11.6 Å². The lowest BCUT2D eigenvalue weighted by molar-refractivity contribution is 0.102. The van der Waals surface area contributed by atoms with E-state index in [1.54, 1.807) is 24.3 Å². The summed E-state index contributed by atoms with van der Waals surface area (Å²) in [6, 6.07) is 13.8. The number of ether oxygens (including phenoxy) is 2. The second kappa shape index (κ2) is 18.8. The number of benzene rings is 3. The number of nitrogens with two attached hydrogens (primary N) is 2. The highest BCUT2D eigenvalue weighted by Gasteiger charge is 2.25. The standard InChI is InChI=1S/C33H34F2N6O3.C4H9N.C2H6/c1-33(32(36)40-41-37)13-3-4-20(11-14-33)26-18-23(7-10-30(26)44-24-12-15-38-19-24)39-31(42)22-6-9-29(43-2)25(16-22)21-5-8-27(34)28(35)17-21;1-2-4-5-3-1;1-2/h3-11,13-14,16-18,24,38,41H,12,15,19,37H2,1-2H3,(H2,36,40)(H,39,42);5H,1-4H2;1-2H3. The molecule has 3 aliphatic rings. The van der Waals surface area contributed by atoms with Gasteiger partial charge >= 0.3 is 0 Å². The van der Waals surface area contributed by atoms with Gasteiger partial charge in [-0.2, -0.15) is 5.10 Å². The lowest BCUT2D eigenvalue weighted by atomic mass is 9.88. The number of carbonyl (C=O) groups is 1. The molecule has 2 saturated heterocycles. The van der Waals surface area contributed by atoms with E-state index >= 15 is 0 Å². The quantitative estimate of drug-likeness (QED) is 0.0662. The van der Waals surface area contributed by atoms with Crippen LogP contribution in [0.3, 0.4) is 0 Å². The normalized spacial score (nSPS) is 19.5. The van der Waals surface area contributed by atoms with Crippen LogP contribution >= 0.6 is 0 Å². The third-order valence-electron chi connectivity index (χ3n) is 8.57. The number of anilines is 1. The van der Waals surface area contributed by atoms with E-state index in [9.17, 15) is 13.6 Å². The zero-order valence-electron chi connectivity index (χ0n) is 29.7. The summed E-state index contributed by atoms with van der Waals surface area (Å²) in [5.74, 6) is 4.36. The number of amidine groups is 1. The minimum atomic E-state index is -0.995. The molecule has 1 amide bonds. The first kappa shape index (κ1) is 38.8. The molecule has 2 heterocycles. The van der Waals surface area contributed by atoms with Crippen LogP contribution in [0.25, 0.3) is 16.7 Å². The molecular weight excluding hydrogens is 652 g/mol. The van der Waals surface area contributed by atoms with Crippen LogP contribution < -0.4 is 42.5 Å². The first-order valence-electron chi connectivity index (χ1n) is 17.3. The molecule has 12 heteroatoms. The Morgan fingerprint density at radius 2 is 1.71 bits per heavy atom. The van der Waals surface area contributed by atoms with Crippen LogP contribution in [0.15, 0.2) is 90.1 Å². The number of nitrogens with zero attached hydrogens (tertiary/aromatic N) is 1. The average Bonchev–Trinajstić information content (AvgIpc) is 3.87. The zero-order chi connectivity index (χ0) is 36.8. The fourth-order valence-corrected chi connectivity index (χ4v) is 5.68. The van der Waals surface area contributed by atoms with E-state index < -0.39 is 23.0 Å². The number of nitrogens with one attached hydrogen (secondary N) is 4. The molecule has 0 spiro atoms. The van der Waals surface area contributed by atoms with Gasteiger partial charge in [0.05, 0.1) is 12.5 Å². The van der Waals surface area contributed by atoms with Crippen LogP contribution in [0.1, 0.15) is 56.0 Å². The molecular formula is C39H49F2N7O3. The summed E-state index contributed by atoms with van der Waals surface area (Å²) >= 11 is 0.